The second kappa shape index (κ2) is 9.02. The fraction of sp³-hybridized carbons (Fsp3) is 0.571. The van der Waals surface area contributed by atoms with E-state index in [1.807, 2.05) is 12.1 Å². The first-order chi connectivity index (χ1) is 12.7. The lowest BCUT2D eigenvalue weighted by atomic mass is 9.87. The maximum atomic E-state index is 12.2. The van der Waals surface area contributed by atoms with E-state index in [1.165, 1.54) is 6.92 Å². The average Bonchev–Trinajstić information content (AvgIpc) is 3.12. The molecule has 1 atom stereocenters. The number of hydrogen-bond acceptors (Lipinski definition) is 4. The summed E-state index contributed by atoms with van der Waals surface area (Å²) >= 11 is 0. The number of esters is 1. The fourth-order valence-electron chi connectivity index (χ4n) is 3.06. The Morgan fingerprint density at radius 2 is 1.70 bits per heavy atom. The summed E-state index contributed by atoms with van der Waals surface area (Å²) in [4.78, 5) is 36.1. The first-order valence-electron chi connectivity index (χ1n) is 9.55. The summed E-state index contributed by atoms with van der Waals surface area (Å²) in [6, 6.07) is 7.46. The number of amides is 2. The predicted molar refractivity (Wildman–Crippen MR) is 103 cm³/mol. The van der Waals surface area contributed by atoms with Gasteiger partial charge in [-0.25, -0.2) is 0 Å². The van der Waals surface area contributed by atoms with Crippen molar-refractivity contribution >= 4 is 17.8 Å². The van der Waals surface area contributed by atoms with Crippen molar-refractivity contribution in [3.63, 3.8) is 0 Å². The molecule has 0 aliphatic heterocycles. The fourth-order valence-corrected chi connectivity index (χ4v) is 3.06. The molecule has 1 aromatic rings. The number of hydrogen-bond donors (Lipinski definition) is 2. The highest BCUT2D eigenvalue weighted by atomic mass is 16.5. The molecule has 27 heavy (non-hydrogen) atoms. The van der Waals surface area contributed by atoms with Gasteiger partial charge in [0.1, 0.15) is 6.54 Å². The molecule has 0 spiro atoms. The van der Waals surface area contributed by atoms with Crippen LogP contribution in [0.2, 0.25) is 0 Å². The monoisotopic (exact) mass is 374 g/mol. The minimum atomic E-state index is -0.874. The summed E-state index contributed by atoms with van der Waals surface area (Å²) in [6.07, 6.45) is 3.29. The number of benzene rings is 1. The molecule has 148 valence electrons. The highest BCUT2D eigenvalue weighted by Crippen LogP contribution is 2.22. The van der Waals surface area contributed by atoms with Crippen molar-refractivity contribution in [3.05, 3.63) is 35.4 Å². The largest absolute Gasteiger partial charge is 0.451 e. The van der Waals surface area contributed by atoms with E-state index in [9.17, 15) is 14.4 Å². The van der Waals surface area contributed by atoms with Crippen LogP contribution in [0, 0.1) is 0 Å². The van der Waals surface area contributed by atoms with E-state index in [2.05, 4.69) is 31.4 Å². The molecular formula is C21H30N2O4. The molecule has 1 aromatic carbocycles. The molecule has 2 amide bonds. The lowest BCUT2D eigenvalue weighted by Gasteiger charge is -2.19. The van der Waals surface area contributed by atoms with E-state index in [-0.39, 0.29) is 29.8 Å². The molecule has 0 aromatic heterocycles. The number of rotatable bonds is 6. The summed E-state index contributed by atoms with van der Waals surface area (Å²) in [7, 11) is 0. The molecule has 6 nitrogen and oxygen atoms in total. The van der Waals surface area contributed by atoms with Crippen LogP contribution in [-0.4, -0.2) is 36.5 Å². The van der Waals surface area contributed by atoms with Crippen molar-refractivity contribution < 1.29 is 19.1 Å². The first-order valence-corrected chi connectivity index (χ1v) is 9.55. The van der Waals surface area contributed by atoms with Gasteiger partial charge < -0.3 is 15.4 Å². The van der Waals surface area contributed by atoms with Gasteiger partial charge in [0, 0.05) is 11.6 Å². The quantitative estimate of drug-likeness (QED) is 0.750. The second-order valence-corrected chi connectivity index (χ2v) is 8.13. The standard InChI is InChI=1S/C21H30N2O4/c1-14(19(25)23-17-7-5-6-8-17)27-18(24)13-22-20(26)15-9-11-16(12-10-15)21(2,3)4/h9-12,14,17H,5-8,13H2,1-4H3,(H,22,26)(H,23,25). The van der Waals surface area contributed by atoms with Crippen molar-refractivity contribution in [3.8, 4) is 0 Å². The zero-order valence-corrected chi connectivity index (χ0v) is 16.6. The summed E-state index contributed by atoms with van der Waals surface area (Å²) in [6.45, 7) is 7.56. The Morgan fingerprint density at radius 3 is 2.26 bits per heavy atom. The Labute approximate surface area is 161 Å². The summed E-state index contributed by atoms with van der Waals surface area (Å²) in [5.41, 5.74) is 1.61. The maximum absolute atomic E-state index is 12.2. The number of carbonyl (C=O) groups excluding carboxylic acids is 3. The van der Waals surface area contributed by atoms with Crippen molar-refractivity contribution in [1.82, 2.24) is 10.6 Å². The third-order valence-corrected chi connectivity index (χ3v) is 4.79. The Hall–Kier alpha value is -2.37. The van der Waals surface area contributed by atoms with Crippen LogP contribution in [0.25, 0.3) is 0 Å². The van der Waals surface area contributed by atoms with Crippen molar-refractivity contribution in [2.75, 3.05) is 6.54 Å². The van der Waals surface area contributed by atoms with Crippen LogP contribution in [0.15, 0.2) is 24.3 Å². The second-order valence-electron chi connectivity index (χ2n) is 8.13. The number of carbonyl (C=O) groups is 3. The normalized spacial score (nSPS) is 15.9. The Balaban J connectivity index is 1.77. The predicted octanol–water partition coefficient (Wildman–Crippen LogP) is 2.70. The summed E-state index contributed by atoms with van der Waals surface area (Å²) in [5.74, 6) is -1.28. The van der Waals surface area contributed by atoms with Gasteiger partial charge in [0.15, 0.2) is 6.10 Å². The molecule has 1 saturated carbocycles. The first kappa shape index (κ1) is 20.9. The van der Waals surface area contributed by atoms with Crippen LogP contribution in [0.3, 0.4) is 0 Å². The van der Waals surface area contributed by atoms with Gasteiger partial charge >= 0.3 is 5.97 Å². The Kier molecular flexibility index (Phi) is 6.99. The molecule has 0 saturated heterocycles. The SMILES string of the molecule is CC(OC(=O)CNC(=O)c1ccc(C(C)(C)C)cc1)C(=O)NC1CCCC1. The van der Waals surface area contributed by atoms with Crippen LogP contribution in [0.5, 0.6) is 0 Å². The van der Waals surface area contributed by atoms with Gasteiger partial charge in [-0.3, -0.25) is 14.4 Å². The van der Waals surface area contributed by atoms with E-state index in [0.29, 0.717) is 5.56 Å². The molecular weight excluding hydrogens is 344 g/mol. The number of nitrogens with one attached hydrogen (secondary N) is 2. The van der Waals surface area contributed by atoms with E-state index in [1.54, 1.807) is 12.1 Å². The van der Waals surface area contributed by atoms with Gasteiger partial charge in [0.2, 0.25) is 0 Å². The minimum absolute atomic E-state index is 0.00796. The van der Waals surface area contributed by atoms with Crippen LogP contribution < -0.4 is 10.6 Å². The highest BCUT2D eigenvalue weighted by Gasteiger charge is 2.23. The number of ether oxygens (including phenoxy) is 1. The van der Waals surface area contributed by atoms with E-state index in [0.717, 1.165) is 31.2 Å². The highest BCUT2D eigenvalue weighted by molar-refractivity contribution is 5.96. The maximum Gasteiger partial charge on any atom is 0.326 e. The van der Waals surface area contributed by atoms with Gasteiger partial charge in [0.25, 0.3) is 11.8 Å². The molecule has 0 bridgehead atoms. The molecule has 0 heterocycles. The van der Waals surface area contributed by atoms with Crippen molar-refractivity contribution in [2.24, 2.45) is 0 Å². The van der Waals surface area contributed by atoms with Gasteiger partial charge in [0.05, 0.1) is 0 Å². The third kappa shape index (κ3) is 6.38. The van der Waals surface area contributed by atoms with E-state index >= 15 is 0 Å². The van der Waals surface area contributed by atoms with Crippen molar-refractivity contribution in [1.29, 1.82) is 0 Å². The molecule has 1 aliphatic rings. The van der Waals surface area contributed by atoms with Crippen LogP contribution in [-0.2, 0) is 19.7 Å². The van der Waals surface area contributed by atoms with Crippen molar-refractivity contribution in [2.45, 2.75) is 70.9 Å². The lowest BCUT2D eigenvalue weighted by Crippen LogP contribution is -2.42. The third-order valence-electron chi connectivity index (χ3n) is 4.79. The Bertz CT molecular complexity index is 670. The van der Waals surface area contributed by atoms with Gasteiger partial charge in [-0.2, -0.15) is 0 Å². The van der Waals surface area contributed by atoms with E-state index in [4.69, 9.17) is 4.74 Å². The molecule has 1 aliphatic carbocycles. The molecule has 1 fully saturated rings. The molecule has 2 rings (SSSR count). The van der Waals surface area contributed by atoms with Gasteiger partial charge in [-0.05, 0) is 42.9 Å². The van der Waals surface area contributed by atoms with Gasteiger partial charge in [-0.1, -0.05) is 45.7 Å². The van der Waals surface area contributed by atoms with Crippen LogP contribution in [0.4, 0.5) is 0 Å². The van der Waals surface area contributed by atoms with E-state index < -0.39 is 12.1 Å². The smallest absolute Gasteiger partial charge is 0.326 e. The van der Waals surface area contributed by atoms with Crippen LogP contribution in [0.1, 0.15) is 69.3 Å². The minimum Gasteiger partial charge on any atom is -0.451 e. The zero-order chi connectivity index (χ0) is 20.0. The molecule has 2 N–H and O–H groups in total. The topological polar surface area (TPSA) is 84.5 Å². The molecule has 6 heteroatoms. The zero-order valence-electron chi connectivity index (χ0n) is 16.6. The summed E-state index contributed by atoms with van der Waals surface area (Å²) < 4.78 is 5.11. The van der Waals surface area contributed by atoms with Gasteiger partial charge in [-0.15, -0.1) is 0 Å². The van der Waals surface area contributed by atoms with Crippen LogP contribution >= 0.6 is 0 Å². The molecule has 1 unspecified atom stereocenters. The average molecular weight is 374 g/mol. The molecule has 0 radical (unpaired) electrons. The Morgan fingerprint density at radius 1 is 1.11 bits per heavy atom. The lowest BCUT2D eigenvalue weighted by molar-refractivity contribution is -0.154. The summed E-state index contributed by atoms with van der Waals surface area (Å²) in [5, 5.41) is 5.42.